The number of hydrogen-bond donors (Lipinski definition) is 2. The molecule has 0 amide bonds. The number of aromatic nitrogens is 2. The van der Waals surface area contributed by atoms with Crippen molar-refractivity contribution in [1.29, 1.82) is 0 Å². The summed E-state index contributed by atoms with van der Waals surface area (Å²) >= 11 is 0. The molecule has 0 radical (unpaired) electrons. The van der Waals surface area contributed by atoms with Crippen molar-refractivity contribution in [3.05, 3.63) is 24.5 Å². The largest absolute Gasteiger partial charge is 0.386 e. The molecule has 0 aliphatic carbocycles. The minimum absolute atomic E-state index is 0.106. The summed E-state index contributed by atoms with van der Waals surface area (Å²) in [6.07, 6.45) is 5.91. The van der Waals surface area contributed by atoms with Gasteiger partial charge in [-0.15, -0.1) is 0 Å². The SMILES string of the molecule is C=Cn1cc(CNCC2(O)CCOC2C)cn1. The maximum atomic E-state index is 10.3. The van der Waals surface area contributed by atoms with Crippen molar-refractivity contribution in [3.8, 4) is 0 Å². The third-order valence-electron chi connectivity index (χ3n) is 3.26. The first kappa shape index (κ1) is 12.3. The third-order valence-corrected chi connectivity index (χ3v) is 3.26. The standard InChI is InChI=1S/C12H19N3O2/c1-3-15-8-11(7-14-15)6-13-9-12(16)4-5-17-10(12)2/h3,7-8,10,13,16H,1,4-6,9H2,2H3. The minimum Gasteiger partial charge on any atom is -0.386 e. The Labute approximate surface area is 101 Å². The van der Waals surface area contributed by atoms with E-state index < -0.39 is 5.60 Å². The highest BCUT2D eigenvalue weighted by atomic mass is 16.5. The van der Waals surface area contributed by atoms with Crippen LogP contribution in [0.1, 0.15) is 18.9 Å². The molecule has 0 saturated carbocycles. The fraction of sp³-hybridized carbons (Fsp3) is 0.583. The van der Waals surface area contributed by atoms with Crippen LogP contribution in [0.2, 0.25) is 0 Å². The number of nitrogens with one attached hydrogen (secondary N) is 1. The Bertz CT molecular complexity index is 391. The van der Waals surface area contributed by atoms with Gasteiger partial charge in [-0.2, -0.15) is 5.10 Å². The summed E-state index contributed by atoms with van der Waals surface area (Å²) in [5.41, 5.74) is 0.328. The molecule has 2 atom stereocenters. The zero-order chi connectivity index (χ0) is 12.3. The molecule has 0 spiro atoms. The quantitative estimate of drug-likeness (QED) is 0.788. The fourth-order valence-electron chi connectivity index (χ4n) is 1.99. The van der Waals surface area contributed by atoms with Crippen molar-refractivity contribution in [2.45, 2.75) is 31.6 Å². The summed E-state index contributed by atoms with van der Waals surface area (Å²) in [5, 5.41) is 17.6. The van der Waals surface area contributed by atoms with E-state index in [9.17, 15) is 5.11 Å². The molecule has 1 fully saturated rings. The van der Waals surface area contributed by atoms with Gasteiger partial charge in [0.1, 0.15) is 5.60 Å². The Balaban J connectivity index is 1.81. The second kappa shape index (κ2) is 5.00. The number of aliphatic hydroxyl groups is 1. The van der Waals surface area contributed by atoms with E-state index in [4.69, 9.17) is 4.74 Å². The zero-order valence-electron chi connectivity index (χ0n) is 10.1. The van der Waals surface area contributed by atoms with Crippen molar-refractivity contribution >= 4 is 6.20 Å². The zero-order valence-corrected chi connectivity index (χ0v) is 10.1. The van der Waals surface area contributed by atoms with Gasteiger partial charge < -0.3 is 15.2 Å². The van der Waals surface area contributed by atoms with E-state index in [1.807, 2.05) is 13.1 Å². The second-order valence-corrected chi connectivity index (χ2v) is 4.48. The Morgan fingerprint density at radius 3 is 3.24 bits per heavy atom. The molecular weight excluding hydrogens is 218 g/mol. The van der Waals surface area contributed by atoms with Crippen LogP contribution < -0.4 is 5.32 Å². The summed E-state index contributed by atoms with van der Waals surface area (Å²) in [6, 6.07) is 0. The highest BCUT2D eigenvalue weighted by molar-refractivity contribution is 5.17. The second-order valence-electron chi connectivity index (χ2n) is 4.48. The van der Waals surface area contributed by atoms with Gasteiger partial charge in [-0.1, -0.05) is 6.58 Å². The van der Waals surface area contributed by atoms with Crippen LogP contribution in [0.5, 0.6) is 0 Å². The third kappa shape index (κ3) is 2.74. The van der Waals surface area contributed by atoms with Gasteiger partial charge in [-0.25, -0.2) is 4.68 Å². The van der Waals surface area contributed by atoms with Gasteiger partial charge in [0.25, 0.3) is 0 Å². The van der Waals surface area contributed by atoms with Gasteiger partial charge in [-0.3, -0.25) is 0 Å². The van der Waals surface area contributed by atoms with Gasteiger partial charge in [0.05, 0.1) is 12.3 Å². The fourth-order valence-corrected chi connectivity index (χ4v) is 1.99. The van der Waals surface area contributed by atoms with E-state index in [1.165, 1.54) is 0 Å². The average Bonchev–Trinajstić information content (AvgIpc) is 2.88. The van der Waals surface area contributed by atoms with Crippen LogP contribution >= 0.6 is 0 Å². The maximum absolute atomic E-state index is 10.3. The lowest BCUT2D eigenvalue weighted by atomic mass is 9.97. The predicted molar refractivity (Wildman–Crippen MR) is 65.3 cm³/mol. The summed E-state index contributed by atoms with van der Waals surface area (Å²) in [4.78, 5) is 0. The molecule has 1 aromatic heterocycles. The van der Waals surface area contributed by atoms with Crippen LogP contribution in [-0.4, -0.2) is 39.7 Å². The molecule has 1 aliphatic rings. The van der Waals surface area contributed by atoms with E-state index in [2.05, 4.69) is 17.0 Å². The number of hydrogen-bond acceptors (Lipinski definition) is 4. The number of rotatable bonds is 5. The van der Waals surface area contributed by atoms with Crippen LogP contribution in [-0.2, 0) is 11.3 Å². The molecule has 2 heterocycles. The van der Waals surface area contributed by atoms with Crippen LogP contribution in [0, 0.1) is 0 Å². The molecule has 1 aliphatic heterocycles. The normalized spacial score (nSPS) is 28.5. The van der Waals surface area contributed by atoms with Crippen LogP contribution in [0.15, 0.2) is 19.0 Å². The van der Waals surface area contributed by atoms with E-state index in [0.29, 0.717) is 26.1 Å². The molecular formula is C12H19N3O2. The highest BCUT2D eigenvalue weighted by Crippen LogP contribution is 2.24. The van der Waals surface area contributed by atoms with E-state index >= 15 is 0 Å². The Hall–Kier alpha value is -1.17. The smallest absolute Gasteiger partial charge is 0.105 e. The Morgan fingerprint density at radius 1 is 1.82 bits per heavy atom. The van der Waals surface area contributed by atoms with Gasteiger partial charge >= 0.3 is 0 Å². The van der Waals surface area contributed by atoms with Crippen LogP contribution in [0.25, 0.3) is 6.20 Å². The van der Waals surface area contributed by atoms with Crippen molar-refractivity contribution in [2.75, 3.05) is 13.2 Å². The molecule has 94 valence electrons. The van der Waals surface area contributed by atoms with Gasteiger partial charge in [0.15, 0.2) is 0 Å². The van der Waals surface area contributed by atoms with Crippen molar-refractivity contribution in [2.24, 2.45) is 0 Å². The minimum atomic E-state index is -0.742. The van der Waals surface area contributed by atoms with Crippen molar-refractivity contribution < 1.29 is 9.84 Å². The Kier molecular flexibility index (Phi) is 3.61. The topological polar surface area (TPSA) is 59.3 Å². The van der Waals surface area contributed by atoms with Crippen molar-refractivity contribution in [1.82, 2.24) is 15.1 Å². The molecule has 2 rings (SSSR count). The maximum Gasteiger partial charge on any atom is 0.105 e. The number of ether oxygens (including phenoxy) is 1. The first-order chi connectivity index (χ1) is 8.14. The Morgan fingerprint density at radius 2 is 2.65 bits per heavy atom. The van der Waals surface area contributed by atoms with Gasteiger partial charge in [-0.05, 0) is 6.92 Å². The summed E-state index contributed by atoms with van der Waals surface area (Å²) in [6.45, 7) is 7.39. The highest BCUT2D eigenvalue weighted by Gasteiger charge is 2.38. The molecule has 1 aromatic rings. The number of nitrogens with zero attached hydrogens (tertiary/aromatic N) is 2. The molecule has 2 N–H and O–H groups in total. The molecule has 5 nitrogen and oxygen atoms in total. The summed E-state index contributed by atoms with van der Waals surface area (Å²) < 4.78 is 7.03. The van der Waals surface area contributed by atoms with Crippen molar-refractivity contribution in [3.63, 3.8) is 0 Å². The average molecular weight is 237 g/mol. The monoisotopic (exact) mass is 237 g/mol. The van der Waals surface area contributed by atoms with Crippen LogP contribution in [0.4, 0.5) is 0 Å². The van der Waals surface area contributed by atoms with Crippen LogP contribution in [0.3, 0.4) is 0 Å². The van der Waals surface area contributed by atoms with Gasteiger partial charge in [0, 0.05) is 44.1 Å². The van der Waals surface area contributed by atoms with E-state index in [-0.39, 0.29) is 6.10 Å². The first-order valence-corrected chi connectivity index (χ1v) is 5.84. The lowest BCUT2D eigenvalue weighted by Gasteiger charge is -2.26. The first-order valence-electron chi connectivity index (χ1n) is 5.84. The molecule has 5 heteroatoms. The molecule has 2 unspecified atom stereocenters. The van der Waals surface area contributed by atoms with E-state index in [0.717, 1.165) is 5.56 Å². The lowest BCUT2D eigenvalue weighted by Crippen LogP contribution is -2.45. The predicted octanol–water partition coefficient (Wildman–Crippen LogP) is 0.613. The lowest BCUT2D eigenvalue weighted by molar-refractivity contribution is -0.0262. The molecule has 0 bridgehead atoms. The van der Waals surface area contributed by atoms with E-state index in [1.54, 1.807) is 17.1 Å². The van der Waals surface area contributed by atoms with Gasteiger partial charge in [0.2, 0.25) is 0 Å². The molecule has 1 saturated heterocycles. The summed E-state index contributed by atoms with van der Waals surface area (Å²) in [7, 11) is 0. The molecule has 17 heavy (non-hydrogen) atoms. The summed E-state index contributed by atoms with van der Waals surface area (Å²) in [5.74, 6) is 0. The molecule has 0 aromatic carbocycles.